The molecule has 3 aromatic rings. The molecule has 0 saturated carbocycles. The predicted octanol–water partition coefficient (Wildman–Crippen LogP) is 4.76. The number of fused-ring (bicyclic) bond motifs is 1. The average Bonchev–Trinajstić information content (AvgIpc) is 2.96. The summed E-state index contributed by atoms with van der Waals surface area (Å²) in [6, 6.07) is 27.0. The third kappa shape index (κ3) is 3.17. The van der Waals surface area contributed by atoms with E-state index >= 15 is 0 Å². The van der Waals surface area contributed by atoms with Gasteiger partial charge in [0.2, 0.25) is 0 Å². The quantitative estimate of drug-likeness (QED) is 0.662. The molecular formula is C24H21NO2. The molecule has 4 rings (SSSR count). The number of carbonyl (C=O) groups is 2. The smallest absolute Gasteiger partial charge is 0.255 e. The summed E-state index contributed by atoms with van der Waals surface area (Å²) >= 11 is 0. The molecule has 0 N–H and O–H groups in total. The summed E-state index contributed by atoms with van der Waals surface area (Å²) in [6.45, 7) is 2.10. The Hall–Kier alpha value is -3.20. The van der Waals surface area contributed by atoms with E-state index in [1.54, 1.807) is 6.92 Å². The van der Waals surface area contributed by atoms with E-state index in [1.807, 2.05) is 89.8 Å². The number of benzene rings is 3. The van der Waals surface area contributed by atoms with Gasteiger partial charge in [0.05, 0.1) is 12.0 Å². The van der Waals surface area contributed by atoms with Crippen LogP contribution in [0.5, 0.6) is 0 Å². The van der Waals surface area contributed by atoms with Gasteiger partial charge in [0, 0.05) is 12.1 Å². The second kappa shape index (κ2) is 7.20. The van der Waals surface area contributed by atoms with Crippen LogP contribution >= 0.6 is 0 Å². The zero-order chi connectivity index (χ0) is 18.8. The van der Waals surface area contributed by atoms with Crippen molar-refractivity contribution in [2.45, 2.75) is 25.4 Å². The zero-order valence-corrected chi connectivity index (χ0v) is 15.2. The first kappa shape index (κ1) is 17.2. The Bertz CT molecular complexity index is 966. The van der Waals surface area contributed by atoms with Crippen LogP contribution < -0.4 is 0 Å². The highest BCUT2D eigenvalue weighted by Crippen LogP contribution is 2.44. The number of Topliss-reactive ketones (excluding diaryl/α,β-unsaturated/α-hetero) is 1. The van der Waals surface area contributed by atoms with E-state index in [0.717, 1.165) is 16.7 Å². The van der Waals surface area contributed by atoms with Crippen LogP contribution in [0.15, 0.2) is 84.9 Å². The highest BCUT2D eigenvalue weighted by molar-refractivity contribution is 6.00. The standard InChI is InChI=1S/C24H21NO2/c1-17(26)22(19-12-6-3-7-13-19)23-20-14-8-9-15-21(20)24(27)25(23)16-18-10-4-2-5-11-18/h2-15,22-23H,16H2,1H3. The first-order chi connectivity index (χ1) is 13.2. The molecule has 0 aromatic heterocycles. The first-order valence-corrected chi connectivity index (χ1v) is 9.16. The van der Waals surface area contributed by atoms with Gasteiger partial charge in [-0.25, -0.2) is 0 Å². The van der Waals surface area contributed by atoms with Crippen LogP contribution in [0.1, 0.15) is 45.9 Å². The van der Waals surface area contributed by atoms with Crippen LogP contribution in [-0.2, 0) is 11.3 Å². The molecule has 1 aliphatic heterocycles. The largest absolute Gasteiger partial charge is 0.326 e. The van der Waals surface area contributed by atoms with Crippen LogP contribution in [0.2, 0.25) is 0 Å². The molecule has 0 aliphatic carbocycles. The molecular weight excluding hydrogens is 334 g/mol. The fourth-order valence-corrected chi connectivity index (χ4v) is 4.01. The third-order valence-corrected chi connectivity index (χ3v) is 5.21. The van der Waals surface area contributed by atoms with Crippen LogP contribution in [0.25, 0.3) is 0 Å². The normalized spacial score (nSPS) is 16.9. The highest BCUT2D eigenvalue weighted by Gasteiger charge is 2.43. The monoisotopic (exact) mass is 355 g/mol. The van der Waals surface area contributed by atoms with Crippen molar-refractivity contribution in [1.82, 2.24) is 4.90 Å². The van der Waals surface area contributed by atoms with E-state index in [1.165, 1.54) is 0 Å². The molecule has 2 atom stereocenters. The number of nitrogens with zero attached hydrogens (tertiary/aromatic N) is 1. The Morgan fingerprint density at radius 3 is 2.15 bits per heavy atom. The van der Waals surface area contributed by atoms with Crippen LogP contribution in [-0.4, -0.2) is 16.6 Å². The molecule has 0 bridgehead atoms. The summed E-state index contributed by atoms with van der Waals surface area (Å²) in [5.74, 6) is -0.335. The second-order valence-electron chi connectivity index (χ2n) is 6.95. The van der Waals surface area contributed by atoms with E-state index in [-0.39, 0.29) is 23.7 Å². The maximum Gasteiger partial charge on any atom is 0.255 e. The fraction of sp³-hybridized carbons (Fsp3) is 0.167. The highest BCUT2D eigenvalue weighted by atomic mass is 16.2. The minimum atomic E-state index is -0.387. The maximum atomic E-state index is 13.2. The van der Waals surface area contributed by atoms with Crippen molar-refractivity contribution in [1.29, 1.82) is 0 Å². The van der Waals surface area contributed by atoms with Crippen LogP contribution in [0.3, 0.4) is 0 Å². The minimum absolute atomic E-state index is 0.0124. The van der Waals surface area contributed by atoms with Gasteiger partial charge in [-0.05, 0) is 29.7 Å². The lowest BCUT2D eigenvalue weighted by Crippen LogP contribution is -2.33. The first-order valence-electron chi connectivity index (χ1n) is 9.16. The van der Waals surface area contributed by atoms with E-state index in [2.05, 4.69) is 0 Å². The van der Waals surface area contributed by atoms with Crippen molar-refractivity contribution in [2.24, 2.45) is 0 Å². The zero-order valence-electron chi connectivity index (χ0n) is 15.2. The lowest BCUT2D eigenvalue weighted by Gasteiger charge is -2.31. The Morgan fingerprint density at radius 1 is 0.889 bits per heavy atom. The predicted molar refractivity (Wildman–Crippen MR) is 105 cm³/mol. The van der Waals surface area contributed by atoms with Gasteiger partial charge < -0.3 is 4.90 Å². The van der Waals surface area contributed by atoms with Gasteiger partial charge in [0.25, 0.3) is 5.91 Å². The molecule has 1 amide bonds. The molecule has 3 aromatic carbocycles. The number of hydrogen-bond donors (Lipinski definition) is 0. The molecule has 0 saturated heterocycles. The van der Waals surface area contributed by atoms with Gasteiger partial charge in [-0.3, -0.25) is 9.59 Å². The lowest BCUT2D eigenvalue weighted by molar-refractivity contribution is -0.119. The molecule has 0 radical (unpaired) electrons. The topological polar surface area (TPSA) is 37.4 Å². The van der Waals surface area contributed by atoms with Crippen molar-refractivity contribution >= 4 is 11.7 Å². The Morgan fingerprint density at radius 2 is 1.48 bits per heavy atom. The lowest BCUT2D eigenvalue weighted by atomic mass is 9.84. The summed E-state index contributed by atoms with van der Waals surface area (Å²) in [5.41, 5.74) is 3.62. The molecule has 3 nitrogen and oxygen atoms in total. The minimum Gasteiger partial charge on any atom is -0.326 e. The number of amides is 1. The van der Waals surface area contributed by atoms with E-state index in [0.29, 0.717) is 12.1 Å². The number of carbonyl (C=O) groups excluding carboxylic acids is 2. The van der Waals surface area contributed by atoms with Crippen molar-refractivity contribution in [3.05, 3.63) is 107 Å². The van der Waals surface area contributed by atoms with Gasteiger partial charge in [0.1, 0.15) is 5.78 Å². The number of ketones is 1. The van der Waals surface area contributed by atoms with Gasteiger partial charge in [-0.1, -0.05) is 78.9 Å². The molecule has 1 aliphatic rings. The van der Waals surface area contributed by atoms with Crippen LogP contribution in [0.4, 0.5) is 0 Å². The summed E-state index contributed by atoms with van der Waals surface area (Å²) in [6.07, 6.45) is 0. The summed E-state index contributed by atoms with van der Waals surface area (Å²) in [4.78, 5) is 27.7. The summed E-state index contributed by atoms with van der Waals surface area (Å²) in [5, 5.41) is 0. The molecule has 0 fully saturated rings. The fourth-order valence-electron chi connectivity index (χ4n) is 4.01. The summed E-state index contributed by atoms with van der Waals surface area (Å²) in [7, 11) is 0. The molecule has 2 unspecified atom stereocenters. The van der Waals surface area contributed by atoms with Gasteiger partial charge in [-0.2, -0.15) is 0 Å². The Balaban J connectivity index is 1.82. The number of hydrogen-bond acceptors (Lipinski definition) is 2. The summed E-state index contributed by atoms with van der Waals surface area (Å²) < 4.78 is 0. The molecule has 3 heteroatoms. The second-order valence-corrected chi connectivity index (χ2v) is 6.95. The van der Waals surface area contributed by atoms with Crippen LogP contribution in [0, 0.1) is 0 Å². The van der Waals surface area contributed by atoms with Crippen molar-refractivity contribution in [3.63, 3.8) is 0 Å². The molecule has 1 heterocycles. The van der Waals surface area contributed by atoms with E-state index < -0.39 is 0 Å². The van der Waals surface area contributed by atoms with Crippen molar-refractivity contribution in [3.8, 4) is 0 Å². The van der Waals surface area contributed by atoms with Crippen molar-refractivity contribution in [2.75, 3.05) is 0 Å². The van der Waals surface area contributed by atoms with E-state index in [9.17, 15) is 9.59 Å². The van der Waals surface area contributed by atoms with Gasteiger partial charge in [-0.15, -0.1) is 0 Å². The Labute approximate surface area is 159 Å². The van der Waals surface area contributed by atoms with Gasteiger partial charge >= 0.3 is 0 Å². The van der Waals surface area contributed by atoms with Crippen molar-refractivity contribution < 1.29 is 9.59 Å². The van der Waals surface area contributed by atoms with E-state index in [4.69, 9.17) is 0 Å². The molecule has 134 valence electrons. The van der Waals surface area contributed by atoms with Gasteiger partial charge in [0.15, 0.2) is 0 Å². The average molecular weight is 355 g/mol. The Kier molecular flexibility index (Phi) is 4.59. The maximum absolute atomic E-state index is 13.2. The number of rotatable bonds is 5. The SMILES string of the molecule is CC(=O)C(c1ccccc1)C1c2ccccc2C(=O)N1Cc1ccccc1. The molecule has 27 heavy (non-hydrogen) atoms. The third-order valence-electron chi connectivity index (χ3n) is 5.21. The molecule has 0 spiro atoms.